The fourth-order valence-electron chi connectivity index (χ4n) is 0. The van der Waals surface area contributed by atoms with Gasteiger partial charge in [-0.05, 0) is 6.42 Å². The number of hydrogen-bond donors (Lipinski definition) is 0. The molecule has 0 saturated heterocycles. The van der Waals surface area contributed by atoms with Gasteiger partial charge in [-0.15, -0.1) is 0 Å². The normalized spacial score (nSPS) is 6.29. The average molecular weight is 289 g/mol. The zero-order chi connectivity index (χ0) is 6.28. The van der Waals surface area contributed by atoms with Gasteiger partial charge >= 0.3 is 30.6 Å². The number of aliphatic carboxylic acids is 1. The van der Waals surface area contributed by atoms with Gasteiger partial charge in [-0.25, -0.2) is 0 Å². The van der Waals surface area contributed by atoms with Crippen molar-refractivity contribution in [1.82, 2.24) is 0 Å². The van der Waals surface area contributed by atoms with Crippen LogP contribution in [-0.2, 0) is 30.9 Å². The summed E-state index contributed by atoms with van der Waals surface area (Å²) in [4.78, 5) is 9.26. The topological polar surface area (TPSA) is 40.1 Å². The Morgan fingerprint density at radius 3 is 1.86 bits per heavy atom. The Morgan fingerprint density at radius 2 is 1.86 bits per heavy atom. The van der Waals surface area contributed by atoms with E-state index in [2.05, 4.69) is 4.43 Å². The Balaban J connectivity index is 0. The maximum atomic E-state index is 9.26. The van der Waals surface area contributed by atoms with Crippen molar-refractivity contribution < 1.29 is 36.0 Å². The van der Waals surface area contributed by atoms with Crippen LogP contribution in [0.5, 0.6) is 0 Å². The van der Waals surface area contributed by atoms with Crippen LogP contribution in [0.2, 0.25) is 4.43 Å². The monoisotopic (exact) mass is 290 g/mol. The zero-order valence-corrected chi connectivity index (χ0v) is 10.2. The summed E-state index contributed by atoms with van der Waals surface area (Å²) in [7, 11) is 0. The van der Waals surface area contributed by atoms with Crippen molar-refractivity contribution in [2.24, 2.45) is 0 Å². The summed E-state index contributed by atoms with van der Waals surface area (Å²) in [5.74, 6) is -0.995. The number of carboxylic acid groups (broad SMARTS) is 1. The molecule has 0 aliphatic heterocycles. The molecular formula is C4H8HgO2. The van der Waals surface area contributed by atoms with Gasteiger partial charge in [0, 0.05) is 5.97 Å². The standard InChI is InChI=1S/C3H6O2.CH3.Hg/c1-2-3(4)5;;/h2H2,1H3,(H,4,5);1H3;/q;;+1/p-1. The zero-order valence-electron chi connectivity index (χ0n) is 4.73. The van der Waals surface area contributed by atoms with E-state index in [1.54, 1.807) is 0 Å². The fourth-order valence-corrected chi connectivity index (χ4v) is 0. The van der Waals surface area contributed by atoms with Crippen molar-refractivity contribution in [1.29, 1.82) is 0 Å². The first-order chi connectivity index (χ1) is 3.27. The molecule has 0 aliphatic carbocycles. The van der Waals surface area contributed by atoms with Gasteiger partial charge in [0.1, 0.15) is 0 Å². The third-order valence-corrected chi connectivity index (χ3v) is 0.289. The summed E-state index contributed by atoms with van der Waals surface area (Å²) in [5, 5.41) is 9.26. The number of carboxylic acids is 1. The quantitative estimate of drug-likeness (QED) is 0.623. The van der Waals surface area contributed by atoms with E-state index in [0.717, 1.165) is 26.1 Å². The Bertz CT molecular complexity index is 45.0. The molecular weight excluding hydrogens is 281 g/mol. The van der Waals surface area contributed by atoms with E-state index in [1.165, 1.54) is 6.92 Å². The van der Waals surface area contributed by atoms with E-state index in [9.17, 15) is 9.90 Å². The summed E-state index contributed by atoms with van der Waals surface area (Å²) in [6, 6.07) is 0. The van der Waals surface area contributed by atoms with Gasteiger partial charge in [0.2, 0.25) is 0 Å². The molecule has 0 unspecified atom stereocenters. The van der Waals surface area contributed by atoms with Crippen LogP contribution in [0, 0.1) is 0 Å². The van der Waals surface area contributed by atoms with E-state index in [0.29, 0.717) is 0 Å². The van der Waals surface area contributed by atoms with Crippen molar-refractivity contribution in [2.75, 3.05) is 0 Å². The third-order valence-electron chi connectivity index (χ3n) is 0.289. The van der Waals surface area contributed by atoms with Crippen molar-refractivity contribution in [2.45, 2.75) is 17.8 Å². The molecule has 0 aliphatic rings. The van der Waals surface area contributed by atoms with E-state index in [4.69, 9.17) is 0 Å². The average Bonchev–Trinajstić information content (AvgIpc) is 1.73. The molecule has 0 fully saturated rings. The summed E-state index contributed by atoms with van der Waals surface area (Å²) < 4.78 is 2.19. The molecule has 0 spiro atoms. The van der Waals surface area contributed by atoms with Gasteiger partial charge in [0.05, 0.1) is 0 Å². The Morgan fingerprint density at radius 1 is 1.71 bits per heavy atom. The summed E-state index contributed by atoms with van der Waals surface area (Å²) in [6.45, 7) is 1.54. The second-order valence-corrected chi connectivity index (χ2v) is 0.726. The van der Waals surface area contributed by atoms with E-state index in [1.807, 2.05) is 0 Å². The molecule has 0 amide bonds. The van der Waals surface area contributed by atoms with Gasteiger partial charge in [0.25, 0.3) is 0 Å². The van der Waals surface area contributed by atoms with Crippen LogP contribution in [0.15, 0.2) is 0 Å². The molecule has 0 rings (SSSR count). The molecule has 38 valence electrons. The van der Waals surface area contributed by atoms with Crippen molar-refractivity contribution in [3.63, 3.8) is 0 Å². The van der Waals surface area contributed by atoms with Crippen LogP contribution >= 0.6 is 0 Å². The van der Waals surface area contributed by atoms with Crippen LogP contribution in [0.1, 0.15) is 13.3 Å². The Hall–Kier alpha value is 0.405. The molecule has 0 heterocycles. The molecule has 3 heteroatoms. The van der Waals surface area contributed by atoms with E-state index < -0.39 is 5.97 Å². The summed E-state index contributed by atoms with van der Waals surface area (Å²) >= 11 is 1.03. The molecule has 0 aromatic heterocycles. The van der Waals surface area contributed by atoms with Crippen LogP contribution in [0.25, 0.3) is 0 Å². The molecule has 0 N–H and O–H groups in total. The summed E-state index contributed by atoms with van der Waals surface area (Å²) in [6.07, 6.45) is 0.111. The van der Waals surface area contributed by atoms with Crippen LogP contribution in [0.3, 0.4) is 0 Å². The number of rotatable bonds is 1. The molecule has 2 nitrogen and oxygen atoms in total. The van der Waals surface area contributed by atoms with Crippen molar-refractivity contribution in [3.8, 4) is 0 Å². The minimum atomic E-state index is -0.995. The fraction of sp³-hybridized carbons (Fsp3) is 0.750. The van der Waals surface area contributed by atoms with Crippen LogP contribution in [0.4, 0.5) is 0 Å². The van der Waals surface area contributed by atoms with Gasteiger partial charge in [-0.1, -0.05) is 6.92 Å². The predicted molar refractivity (Wildman–Crippen MR) is 21.2 cm³/mol. The van der Waals surface area contributed by atoms with E-state index in [-0.39, 0.29) is 6.42 Å². The summed E-state index contributed by atoms with van der Waals surface area (Å²) in [5.41, 5.74) is 0. The van der Waals surface area contributed by atoms with Crippen LogP contribution < -0.4 is 5.11 Å². The number of carbonyl (C=O) groups excluding carboxylic acids is 1. The molecule has 0 atom stereocenters. The van der Waals surface area contributed by atoms with Crippen molar-refractivity contribution >= 4 is 5.97 Å². The van der Waals surface area contributed by atoms with Gasteiger partial charge in [-0.2, -0.15) is 0 Å². The number of carbonyl (C=O) groups is 1. The Labute approximate surface area is 59.9 Å². The third kappa shape index (κ3) is 21.5. The first-order valence-corrected chi connectivity index (χ1v) is 7.67. The van der Waals surface area contributed by atoms with Gasteiger partial charge in [-0.3, -0.25) is 0 Å². The molecule has 0 aromatic rings. The number of hydrogen-bond acceptors (Lipinski definition) is 2. The molecule has 7 heavy (non-hydrogen) atoms. The maximum absolute atomic E-state index is 9.26. The first-order valence-electron chi connectivity index (χ1n) is 2.18. The molecule has 0 radical (unpaired) electrons. The molecule has 0 bridgehead atoms. The van der Waals surface area contributed by atoms with Crippen LogP contribution in [-0.4, -0.2) is 5.97 Å². The SMILES string of the molecule is CCC(=O)[O-].[CH3][Hg+]. The molecule has 0 saturated carbocycles. The first kappa shape index (κ1) is 10.4. The van der Waals surface area contributed by atoms with E-state index >= 15 is 0 Å². The minimum absolute atomic E-state index is 0.111. The van der Waals surface area contributed by atoms with Gasteiger partial charge in [0.15, 0.2) is 0 Å². The second kappa shape index (κ2) is 9.64. The predicted octanol–water partition coefficient (Wildman–Crippen LogP) is -0.272. The Kier molecular flexibility index (Phi) is 14.3. The van der Waals surface area contributed by atoms with Gasteiger partial charge < -0.3 is 9.90 Å². The second-order valence-electron chi connectivity index (χ2n) is 0.726. The molecule has 0 aromatic carbocycles. The van der Waals surface area contributed by atoms with Crippen molar-refractivity contribution in [3.05, 3.63) is 0 Å².